The molecular formula is C12H11FO2. The van der Waals surface area contributed by atoms with Crippen molar-refractivity contribution in [3.8, 4) is 0 Å². The van der Waals surface area contributed by atoms with Crippen LogP contribution in [0.3, 0.4) is 0 Å². The van der Waals surface area contributed by atoms with Crippen molar-refractivity contribution in [1.82, 2.24) is 0 Å². The summed E-state index contributed by atoms with van der Waals surface area (Å²) in [5.74, 6) is -0.401. The Kier molecular flexibility index (Phi) is 2.54. The molecule has 1 aromatic carbocycles. The van der Waals surface area contributed by atoms with E-state index in [-0.39, 0.29) is 11.7 Å². The van der Waals surface area contributed by atoms with Crippen LogP contribution in [0.4, 0.5) is 4.39 Å². The van der Waals surface area contributed by atoms with Gasteiger partial charge in [-0.25, -0.2) is 4.39 Å². The zero-order valence-corrected chi connectivity index (χ0v) is 8.37. The van der Waals surface area contributed by atoms with Crippen molar-refractivity contribution in [2.24, 2.45) is 0 Å². The summed E-state index contributed by atoms with van der Waals surface area (Å²) < 4.78 is 18.8. The maximum Gasteiger partial charge on any atom is 0.134 e. The number of halogens is 1. The Hall–Kier alpha value is -1.64. The first-order chi connectivity index (χ1) is 7.24. The molecule has 0 saturated carbocycles. The van der Waals surface area contributed by atoms with Crippen LogP contribution in [0.25, 0.3) is 11.0 Å². The fourth-order valence-corrected chi connectivity index (χ4v) is 1.80. The summed E-state index contributed by atoms with van der Waals surface area (Å²) in [7, 11) is 0. The van der Waals surface area contributed by atoms with Crippen LogP contribution in [0.5, 0.6) is 0 Å². The fraction of sp³-hybridized carbons (Fsp3) is 0.250. The molecule has 0 spiro atoms. The summed E-state index contributed by atoms with van der Waals surface area (Å²) >= 11 is 0. The van der Waals surface area contributed by atoms with E-state index in [0.29, 0.717) is 17.6 Å². The van der Waals surface area contributed by atoms with Crippen molar-refractivity contribution in [3.63, 3.8) is 0 Å². The second kappa shape index (κ2) is 3.85. The van der Waals surface area contributed by atoms with Crippen LogP contribution in [-0.4, -0.2) is 6.29 Å². The van der Waals surface area contributed by atoms with Gasteiger partial charge in [0.25, 0.3) is 0 Å². The van der Waals surface area contributed by atoms with Crippen LogP contribution < -0.4 is 0 Å². The lowest BCUT2D eigenvalue weighted by Gasteiger charge is -2.10. The van der Waals surface area contributed by atoms with Crippen LogP contribution in [0.1, 0.15) is 24.8 Å². The van der Waals surface area contributed by atoms with Gasteiger partial charge >= 0.3 is 0 Å². The van der Waals surface area contributed by atoms with Crippen LogP contribution in [0, 0.1) is 5.82 Å². The largest absolute Gasteiger partial charge is 0.464 e. The fourth-order valence-electron chi connectivity index (χ4n) is 1.80. The second-order valence-electron chi connectivity index (χ2n) is 3.60. The highest BCUT2D eigenvalue weighted by Gasteiger charge is 2.15. The minimum absolute atomic E-state index is 0.121. The monoisotopic (exact) mass is 206 g/mol. The molecule has 0 amide bonds. The lowest BCUT2D eigenvalue weighted by atomic mass is 9.95. The van der Waals surface area contributed by atoms with Crippen molar-refractivity contribution in [2.45, 2.75) is 19.3 Å². The van der Waals surface area contributed by atoms with Gasteiger partial charge < -0.3 is 9.21 Å². The molecule has 0 aliphatic rings. The molecular weight excluding hydrogens is 195 g/mol. The van der Waals surface area contributed by atoms with E-state index in [1.165, 1.54) is 12.3 Å². The number of aldehydes is 1. The van der Waals surface area contributed by atoms with Crippen LogP contribution in [0.15, 0.2) is 28.9 Å². The number of furan rings is 1. The van der Waals surface area contributed by atoms with Gasteiger partial charge in [-0.2, -0.15) is 0 Å². The van der Waals surface area contributed by atoms with Crippen molar-refractivity contribution in [2.75, 3.05) is 0 Å². The number of carbonyl (C=O) groups is 1. The van der Waals surface area contributed by atoms with Crippen molar-refractivity contribution >= 4 is 17.3 Å². The smallest absolute Gasteiger partial charge is 0.134 e. The second-order valence-corrected chi connectivity index (χ2v) is 3.60. The van der Waals surface area contributed by atoms with Crippen molar-refractivity contribution in [3.05, 3.63) is 35.8 Å². The van der Waals surface area contributed by atoms with Gasteiger partial charge in [-0.15, -0.1) is 0 Å². The summed E-state index contributed by atoms with van der Waals surface area (Å²) in [4.78, 5) is 10.4. The highest BCUT2D eigenvalue weighted by molar-refractivity contribution is 5.82. The molecule has 0 saturated heterocycles. The van der Waals surface area contributed by atoms with Crippen LogP contribution >= 0.6 is 0 Å². The SMILES string of the molecule is CC(CC=O)c1c(F)ccc2occc12. The van der Waals surface area contributed by atoms with Gasteiger partial charge in [0.1, 0.15) is 17.7 Å². The predicted octanol–water partition coefficient (Wildman–Crippen LogP) is 3.26. The number of fused-ring (bicyclic) bond motifs is 1. The van der Waals surface area contributed by atoms with Gasteiger partial charge in [-0.1, -0.05) is 6.92 Å². The quantitative estimate of drug-likeness (QED) is 0.721. The molecule has 0 aliphatic heterocycles. The topological polar surface area (TPSA) is 30.2 Å². The zero-order valence-electron chi connectivity index (χ0n) is 8.37. The maximum atomic E-state index is 13.6. The highest BCUT2D eigenvalue weighted by atomic mass is 19.1. The first-order valence-corrected chi connectivity index (χ1v) is 4.83. The Bertz CT molecular complexity index is 487. The molecule has 2 rings (SSSR count). The molecule has 78 valence electrons. The highest BCUT2D eigenvalue weighted by Crippen LogP contribution is 2.30. The van der Waals surface area contributed by atoms with Crippen LogP contribution in [-0.2, 0) is 4.79 Å². The third-order valence-corrected chi connectivity index (χ3v) is 2.57. The Balaban J connectivity index is 2.60. The van der Waals surface area contributed by atoms with Gasteiger partial charge in [0.2, 0.25) is 0 Å². The molecule has 1 heterocycles. The van der Waals surface area contributed by atoms with Gasteiger partial charge in [0.15, 0.2) is 0 Å². The number of carbonyl (C=O) groups excluding carboxylic acids is 1. The summed E-state index contributed by atoms with van der Waals surface area (Å²) in [6.07, 6.45) is 2.66. The Morgan fingerprint density at radius 2 is 2.27 bits per heavy atom. The van der Waals surface area contributed by atoms with Crippen molar-refractivity contribution < 1.29 is 13.6 Å². The first-order valence-electron chi connectivity index (χ1n) is 4.83. The van der Waals surface area contributed by atoms with Gasteiger partial charge in [-0.3, -0.25) is 0 Å². The minimum atomic E-state index is -0.279. The predicted molar refractivity (Wildman–Crippen MR) is 55.3 cm³/mol. The van der Waals surface area contributed by atoms with E-state index in [2.05, 4.69) is 0 Å². The maximum absolute atomic E-state index is 13.6. The third-order valence-electron chi connectivity index (χ3n) is 2.57. The molecule has 0 aliphatic carbocycles. The average molecular weight is 206 g/mol. The van der Waals surface area contributed by atoms with E-state index in [1.807, 2.05) is 6.92 Å². The standard InChI is InChI=1S/C12H11FO2/c1-8(4-6-14)12-9-5-7-15-11(9)3-2-10(12)13/h2-3,5-8H,4H2,1H3. The van der Waals surface area contributed by atoms with E-state index in [0.717, 1.165) is 11.7 Å². The molecule has 0 bridgehead atoms. The van der Waals surface area contributed by atoms with Gasteiger partial charge in [-0.05, 0) is 24.1 Å². The van der Waals surface area contributed by atoms with Crippen LogP contribution in [0.2, 0.25) is 0 Å². The Labute approximate surface area is 86.7 Å². The lowest BCUT2D eigenvalue weighted by molar-refractivity contribution is -0.108. The van der Waals surface area contributed by atoms with E-state index in [9.17, 15) is 9.18 Å². The molecule has 3 heteroatoms. The zero-order chi connectivity index (χ0) is 10.8. The number of benzene rings is 1. The summed E-state index contributed by atoms with van der Waals surface area (Å²) in [5, 5.41) is 0.754. The number of hydrogen-bond acceptors (Lipinski definition) is 2. The van der Waals surface area contributed by atoms with E-state index in [4.69, 9.17) is 4.42 Å². The molecule has 1 unspecified atom stereocenters. The Morgan fingerprint density at radius 3 is 3.00 bits per heavy atom. The molecule has 1 aromatic heterocycles. The normalized spacial score (nSPS) is 12.9. The van der Waals surface area contributed by atoms with Gasteiger partial charge in [0.05, 0.1) is 6.26 Å². The molecule has 2 nitrogen and oxygen atoms in total. The summed E-state index contributed by atoms with van der Waals surface area (Å²) in [6.45, 7) is 1.83. The molecule has 0 radical (unpaired) electrons. The van der Waals surface area contributed by atoms with E-state index >= 15 is 0 Å². The van der Waals surface area contributed by atoms with Gasteiger partial charge in [0, 0.05) is 17.4 Å². The van der Waals surface area contributed by atoms with Crippen molar-refractivity contribution in [1.29, 1.82) is 0 Å². The molecule has 2 aromatic rings. The molecule has 15 heavy (non-hydrogen) atoms. The Morgan fingerprint density at radius 1 is 1.47 bits per heavy atom. The average Bonchev–Trinajstić information content (AvgIpc) is 2.65. The summed E-state index contributed by atoms with van der Waals surface area (Å²) in [6, 6.07) is 4.71. The molecule has 0 fully saturated rings. The number of rotatable bonds is 3. The number of hydrogen-bond donors (Lipinski definition) is 0. The van der Waals surface area contributed by atoms with E-state index in [1.54, 1.807) is 12.1 Å². The molecule has 0 N–H and O–H groups in total. The minimum Gasteiger partial charge on any atom is -0.464 e. The lowest BCUT2D eigenvalue weighted by Crippen LogP contribution is -1.98. The molecule has 1 atom stereocenters. The van der Waals surface area contributed by atoms with E-state index < -0.39 is 0 Å². The first kappa shape index (κ1) is 9.90. The third kappa shape index (κ3) is 1.65. The summed E-state index contributed by atoms with van der Waals surface area (Å²) in [5.41, 5.74) is 1.22.